The first-order valence-electron chi connectivity index (χ1n) is 10.4. The van der Waals surface area contributed by atoms with Crippen LogP contribution >= 0.6 is 0 Å². The summed E-state index contributed by atoms with van der Waals surface area (Å²) < 4.78 is 5.30. The van der Waals surface area contributed by atoms with E-state index in [-0.39, 0.29) is 28.9 Å². The Kier molecular flexibility index (Phi) is 5.19. The normalized spacial score (nSPS) is 21.2. The lowest BCUT2D eigenvalue weighted by Gasteiger charge is -2.40. The highest BCUT2D eigenvalue weighted by molar-refractivity contribution is 6.05. The van der Waals surface area contributed by atoms with Crippen molar-refractivity contribution in [2.45, 2.75) is 32.1 Å². The number of ether oxygens (including phenoxy) is 1. The van der Waals surface area contributed by atoms with Crippen LogP contribution in [0.25, 0.3) is 0 Å². The average Bonchev–Trinajstić information content (AvgIpc) is 3.03. The van der Waals surface area contributed by atoms with E-state index in [9.17, 15) is 14.4 Å². The number of fused-ring (bicyclic) bond motifs is 1. The fourth-order valence-electron chi connectivity index (χ4n) is 5.09. The number of carbonyl (C=O) groups excluding carboxylic acids is 3. The van der Waals surface area contributed by atoms with Crippen molar-refractivity contribution in [3.63, 3.8) is 0 Å². The molecule has 1 aliphatic carbocycles. The van der Waals surface area contributed by atoms with Crippen molar-refractivity contribution in [1.29, 1.82) is 0 Å². The smallest absolute Gasteiger partial charge is 0.245 e. The lowest BCUT2D eigenvalue weighted by Crippen LogP contribution is -2.49. The Hall–Kier alpha value is -2.63. The number of hydrogen-bond donors (Lipinski definition) is 0. The number of carbonyl (C=O) groups is 3. The van der Waals surface area contributed by atoms with Crippen LogP contribution in [0.1, 0.15) is 41.6 Å². The molecule has 0 N–H and O–H groups in total. The van der Waals surface area contributed by atoms with Crippen molar-refractivity contribution in [3.8, 4) is 5.75 Å². The van der Waals surface area contributed by atoms with Crippen molar-refractivity contribution in [1.82, 2.24) is 9.80 Å². The highest BCUT2D eigenvalue weighted by atomic mass is 16.5. The summed E-state index contributed by atoms with van der Waals surface area (Å²) in [6.45, 7) is 5.99. The van der Waals surface area contributed by atoms with Gasteiger partial charge in [-0.2, -0.15) is 0 Å². The minimum Gasteiger partial charge on any atom is -0.497 e. The van der Waals surface area contributed by atoms with Crippen molar-refractivity contribution >= 4 is 17.6 Å². The molecular formula is C23H28N2O4. The largest absolute Gasteiger partial charge is 0.497 e. The molecular weight excluding hydrogens is 368 g/mol. The molecule has 0 saturated carbocycles. The topological polar surface area (TPSA) is 66.9 Å². The van der Waals surface area contributed by atoms with Crippen LogP contribution in [0.3, 0.4) is 0 Å². The quantitative estimate of drug-likeness (QED) is 0.736. The fraction of sp³-hybridized carbons (Fsp3) is 0.522. The molecule has 2 amide bonds. The van der Waals surface area contributed by atoms with Gasteiger partial charge in [0.15, 0.2) is 5.78 Å². The summed E-state index contributed by atoms with van der Waals surface area (Å²) in [6, 6.07) is 5.69. The third kappa shape index (κ3) is 3.45. The number of methoxy groups -OCH3 is 1. The highest BCUT2D eigenvalue weighted by Crippen LogP contribution is 2.45. The monoisotopic (exact) mass is 396 g/mol. The molecule has 4 rings (SSSR count). The van der Waals surface area contributed by atoms with E-state index in [1.54, 1.807) is 12.0 Å². The number of piperidine rings is 2. The molecule has 0 radical (unpaired) electrons. The third-order valence-electron chi connectivity index (χ3n) is 6.93. The number of hydrogen-bond acceptors (Lipinski definition) is 4. The second-order valence-corrected chi connectivity index (χ2v) is 8.44. The number of benzene rings is 1. The zero-order chi connectivity index (χ0) is 20.6. The predicted octanol–water partition coefficient (Wildman–Crippen LogP) is 2.47. The number of nitrogens with zero attached hydrogens (tertiary/aromatic N) is 2. The Morgan fingerprint density at radius 3 is 2.45 bits per heavy atom. The SMILES string of the molecule is C=CC(=O)N1CCC(C(=O)N2CCC3(CC2)Cc2cc(OC)ccc2C3=O)CC1. The Morgan fingerprint density at radius 1 is 1.14 bits per heavy atom. The zero-order valence-electron chi connectivity index (χ0n) is 17.0. The molecule has 1 aromatic carbocycles. The van der Waals surface area contributed by atoms with Crippen LogP contribution in [-0.2, 0) is 16.0 Å². The number of amides is 2. The van der Waals surface area contributed by atoms with Crippen molar-refractivity contribution < 1.29 is 19.1 Å². The molecule has 0 bridgehead atoms. The van der Waals surface area contributed by atoms with Crippen molar-refractivity contribution in [2.24, 2.45) is 11.3 Å². The lowest BCUT2D eigenvalue weighted by atomic mass is 9.75. The van der Waals surface area contributed by atoms with Gasteiger partial charge in [0.25, 0.3) is 0 Å². The summed E-state index contributed by atoms with van der Waals surface area (Å²) in [5.41, 5.74) is 1.50. The van der Waals surface area contributed by atoms with Crippen LogP contribution in [0.4, 0.5) is 0 Å². The summed E-state index contributed by atoms with van der Waals surface area (Å²) >= 11 is 0. The minimum atomic E-state index is -0.370. The molecule has 154 valence electrons. The van der Waals surface area contributed by atoms with E-state index in [0.717, 1.165) is 23.3 Å². The molecule has 1 spiro atoms. The summed E-state index contributed by atoms with van der Waals surface area (Å²) in [6.07, 6.45) is 4.89. The lowest BCUT2D eigenvalue weighted by molar-refractivity contribution is -0.141. The Morgan fingerprint density at radius 2 is 1.83 bits per heavy atom. The molecule has 3 aliphatic rings. The molecule has 1 aromatic rings. The Bertz CT molecular complexity index is 846. The molecule has 6 heteroatoms. The molecule has 2 saturated heterocycles. The number of likely N-dealkylation sites (tertiary alicyclic amines) is 2. The van der Waals surface area contributed by atoms with Crippen LogP contribution in [0.2, 0.25) is 0 Å². The Balaban J connectivity index is 1.36. The molecule has 2 fully saturated rings. The van der Waals surface area contributed by atoms with Gasteiger partial charge in [-0.3, -0.25) is 14.4 Å². The van der Waals surface area contributed by atoms with E-state index in [1.807, 2.05) is 23.1 Å². The second kappa shape index (κ2) is 7.65. The standard InChI is InChI=1S/C23H28N2O4/c1-3-20(26)24-10-6-16(7-11-24)22(28)25-12-8-23(9-13-25)15-17-14-18(29-2)4-5-19(17)21(23)27/h3-5,14,16H,1,6-13,15H2,2H3. The maximum atomic E-state index is 13.1. The van der Waals surface area contributed by atoms with E-state index < -0.39 is 0 Å². The maximum Gasteiger partial charge on any atom is 0.245 e. The van der Waals surface area contributed by atoms with E-state index in [0.29, 0.717) is 51.9 Å². The van der Waals surface area contributed by atoms with Gasteiger partial charge in [0.1, 0.15) is 5.75 Å². The molecule has 0 atom stereocenters. The molecule has 2 heterocycles. The van der Waals surface area contributed by atoms with E-state index in [2.05, 4.69) is 6.58 Å². The molecule has 6 nitrogen and oxygen atoms in total. The Labute approximate surface area is 171 Å². The van der Waals surface area contributed by atoms with Crippen molar-refractivity contribution in [2.75, 3.05) is 33.3 Å². The summed E-state index contributed by atoms with van der Waals surface area (Å²) in [5, 5.41) is 0. The third-order valence-corrected chi connectivity index (χ3v) is 6.93. The van der Waals surface area contributed by atoms with Gasteiger partial charge in [-0.25, -0.2) is 0 Å². The van der Waals surface area contributed by atoms with E-state index in [1.165, 1.54) is 6.08 Å². The molecule has 0 unspecified atom stereocenters. The van der Waals surface area contributed by atoms with E-state index >= 15 is 0 Å². The van der Waals surface area contributed by atoms with Gasteiger partial charge in [0.2, 0.25) is 11.8 Å². The van der Waals surface area contributed by atoms with Gasteiger partial charge >= 0.3 is 0 Å². The summed E-state index contributed by atoms with van der Waals surface area (Å²) in [5.74, 6) is 1.08. The second-order valence-electron chi connectivity index (χ2n) is 8.44. The van der Waals surface area contributed by atoms with Crippen LogP contribution in [-0.4, -0.2) is 60.7 Å². The first kappa shape index (κ1) is 19.7. The van der Waals surface area contributed by atoms with Gasteiger partial charge in [0.05, 0.1) is 7.11 Å². The van der Waals surface area contributed by atoms with Crippen LogP contribution in [0.5, 0.6) is 5.75 Å². The highest BCUT2D eigenvalue weighted by Gasteiger charge is 2.48. The van der Waals surface area contributed by atoms with Crippen LogP contribution in [0.15, 0.2) is 30.9 Å². The zero-order valence-corrected chi connectivity index (χ0v) is 17.0. The number of Topliss-reactive ketones (excluding diaryl/α,β-unsaturated/α-hetero) is 1. The van der Waals surface area contributed by atoms with Crippen molar-refractivity contribution in [3.05, 3.63) is 42.0 Å². The fourth-order valence-corrected chi connectivity index (χ4v) is 5.09. The summed E-state index contributed by atoms with van der Waals surface area (Å²) in [7, 11) is 1.64. The van der Waals surface area contributed by atoms with Gasteiger partial charge in [-0.05, 0) is 61.9 Å². The maximum absolute atomic E-state index is 13.1. The number of ketones is 1. The van der Waals surface area contributed by atoms with Crippen LogP contribution < -0.4 is 4.74 Å². The molecule has 29 heavy (non-hydrogen) atoms. The van der Waals surface area contributed by atoms with Gasteiger partial charge in [0, 0.05) is 43.1 Å². The van der Waals surface area contributed by atoms with Gasteiger partial charge in [-0.1, -0.05) is 6.58 Å². The first-order valence-corrected chi connectivity index (χ1v) is 10.4. The minimum absolute atomic E-state index is 0.0290. The van der Waals surface area contributed by atoms with Crippen LogP contribution in [0, 0.1) is 11.3 Å². The predicted molar refractivity (Wildman–Crippen MR) is 109 cm³/mol. The van der Waals surface area contributed by atoms with Gasteiger partial charge < -0.3 is 14.5 Å². The first-order chi connectivity index (χ1) is 14.0. The van der Waals surface area contributed by atoms with Gasteiger partial charge in [-0.15, -0.1) is 0 Å². The molecule has 2 aliphatic heterocycles. The van der Waals surface area contributed by atoms with E-state index in [4.69, 9.17) is 4.74 Å². The number of rotatable bonds is 3. The summed E-state index contributed by atoms with van der Waals surface area (Å²) in [4.78, 5) is 41.5. The molecule has 0 aromatic heterocycles. The average molecular weight is 396 g/mol.